The van der Waals surface area contributed by atoms with Gasteiger partial charge in [-0.1, -0.05) is 6.42 Å². The average Bonchev–Trinajstić information content (AvgIpc) is 2.83. The quantitative estimate of drug-likeness (QED) is 0.740. The molecule has 1 aliphatic heterocycles. The summed E-state index contributed by atoms with van der Waals surface area (Å²) < 4.78 is 24.7. The van der Waals surface area contributed by atoms with Crippen molar-refractivity contribution in [1.82, 2.24) is 20.0 Å². The molecule has 0 amide bonds. The van der Waals surface area contributed by atoms with Gasteiger partial charge < -0.3 is 5.73 Å². The van der Waals surface area contributed by atoms with Crippen LogP contribution in [0.3, 0.4) is 0 Å². The number of nitrogens with two attached hydrogens (primary N) is 1. The van der Waals surface area contributed by atoms with Gasteiger partial charge in [-0.05, 0) is 26.7 Å². The highest BCUT2D eigenvalue weighted by molar-refractivity contribution is 7.89. The summed E-state index contributed by atoms with van der Waals surface area (Å²) in [5, 5.41) is 8.12. The van der Waals surface area contributed by atoms with Crippen LogP contribution in [0.5, 0.6) is 0 Å². The lowest BCUT2D eigenvalue weighted by Crippen LogP contribution is -2.54. The van der Waals surface area contributed by atoms with E-state index in [1.807, 2.05) is 13.8 Å². The lowest BCUT2D eigenvalue weighted by Gasteiger charge is -2.38. The van der Waals surface area contributed by atoms with Crippen molar-refractivity contribution in [3.05, 3.63) is 11.8 Å². The molecule has 108 valence electrons. The second kappa shape index (κ2) is 5.58. The molecular weight excluding hydrogens is 266 g/mol. The molecule has 4 N–H and O–H groups in total. The van der Waals surface area contributed by atoms with Crippen LogP contribution in [0.4, 0.5) is 0 Å². The maximum absolute atomic E-state index is 12.4. The highest BCUT2D eigenvalue weighted by Crippen LogP contribution is 2.22. The van der Waals surface area contributed by atoms with Crippen molar-refractivity contribution < 1.29 is 8.42 Å². The van der Waals surface area contributed by atoms with Gasteiger partial charge in [0.1, 0.15) is 0 Å². The molecule has 0 spiro atoms. The van der Waals surface area contributed by atoms with Crippen molar-refractivity contribution in [2.75, 3.05) is 0 Å². The molecule has 0 radical (unpaired) electrons. The number of sulfonamides is 1. The van der Waals surface area contributed by atoms with Crippen LogP contribution >= 0.6 is 0 Å². The van der Waals surface area contributed by atoms with Gasteiger partial charge in [0, 0.05) is 24.2 Å². The first-order valence-corrected chi connectivity index (χ1v) is 7.97. The van der Waals surface area contributed by atoms with Crippen LogP contribution in [0.2, 0.25) is 0 Å². The van der Waals surface area contributed by atoms with Crippen LogP contribution in [0.15, 0.2) is 11.2 Å². The number of hydrazine groups is 1. The van der Waals surface area contributed by atoms with Gasteiger partial charge in [0.25, 0.3) is 10.0 Å². The van der Waals surface area contributed by atoms with E-state index in [1.54, 1.807) is 5.01 Å². The number of aromatic nitrogens is 2. The van der Waals surface area contributed by atoms with Crippen molar-refractivity contribution in [3.8, 4) is 0 Å². The molecule has 8 heteroatoms. The predicted molar refractivity (Wildman–Crippen MR) is 71.4 cm³/mol. The summed E-state index contributed by atoms with van der Waals surface area (Å²) in [4.78, 5) is 2.65. The number of nitrogens with one attached hydrogen (secondary N) is 2. The van der Waals surface area contributed by atoms with Crippen LogP contribution in [-0.2, 0) is 16.6 Å². The van der Waals surface area contributed by atoms with E-state index < -0.39 is 10.0 Å². The molecule has 2 atom stereocenters. The second-order valence-corrected chi connectivity index (χ2v) is 6.66. The van der Waals surface area contributed by atoms with Crippen molar-refractivity contribution in [3.63, 3.8) is 0 Å². The van der Waals surface area contributed by atoms with Crippen LogP contribution in [0.25, 0.3) is 0 Å². The Kier molecular flexibility index (Phi) is 4.24. The molecule has 1 saturated heterocycles. The Bertz CT molecular complexity index is 517. The molecule has 7 nitrogen and oxygen atoms in total. The van der Waals surface area contributed by atoms with Crippen molar-refractivity contribution in [2.24, 2.45) is 5.73 Å². The van der Waals surface area contributed by atoms with Crippen molar-refractivity contribution >= 4 is 10.0 Å². The summed E-state index contributed by atoms with van der Waals surface area (Å²) in [5.74, 6) is 0. The smallest absolute Gasteiger partial charge is 0.270 e. The monoisotopic (exact) mass is 287 g/mol. The third kappa shape index (κ3) is 2.97. The van der Waals surface area contributed by atoms with E-state index in [4.69, 9.17) is 5.73 Å². The van der Waals surface area contributed by atoms with Crippen LogP contribution in [0.1, 0.15) is 38.7 Å². The number of H-pyrrole nitrogens is 1. The average molecular weight is 287 g/mol. The Hall–Kier alpha value is -0.960. The maximum Gasteiger partial charge on any atom is 0.270 e. The highest BCUT2D eigenvalue weighted by Gasteiger charge is 2.30. The Balaban J connectivity index is 2.21. The number of piperidine rings is 1. The Morgan fingerprint density at radius 3 is 2.68 bits per heavy atom. The first-order valence-electron chi connectivity index (χ1n) is 6.49. The fourth-order valence-corrected chi connectivity index (χ4v) is 3.85. The van der Waals surface area contributed by atoms with Crippen LogP contribution in [-0.4, -0.2) is 35.7 Å². The molecule has 1 aromatic rings. The number of nitrogens with zero attached hydrogens (tertiary/aromatic N) is 2. The van der Waals surface area contributed by atoms with Gasteiger partial charge in [-0.3, -0.25) is 5.10 Å². The highest BCUT2D eigenvalue weighted by atomic mass is 32.2. The van der Waals surface area contributed by atoms with Gasteiger partial charge in [-0.15, -0.1) is 4.83 Å². The van der Waals surface area contributed by atoms with E-state index in [1.165, 1.54) is 6.20 Å². The van der Waals surface area contributed by atoms with E-state index in [-0.39, 0.29) is 23.7 Å². The molecule has 0 aliphatic carbocycles. The Morgan fingerprint density at radius 1 is 1.47 bits per heavy atom. The van der Waals surface area contributed by atoms with Gasteiger partial charge in [-0.2, -0.15) is 5.10 Å². The lowest BCUT2D eigenvalue weighted by molar-refractivity contribution is 0.0789. The van der Waals surface area contributed by atoms with Crippen LogP contribution in [0, 0.1) is 0 Å². The molecule has 0 aromatic carbocycles. The first kappa shape index (κ1) is 14.4. The third-order valence-corrected chi connectivity index (χ3v) is 4.93. The molecule has 2 heterocycles. The first-order chi connectivity index (χ1) is 8.95. The summed E-state index contributed by atoms with van der Waals surface area (Å²) in [6, 6.07) is 0.366. The summed E-state index contributed by atoms with van der Waals surface area (Å²) in [7, 11) is -3.65. The Labute approximate surface area is 113 Å². The topological polar surface area (TPSA) is 104 Å². The predicted octanol–water partition coefficient (Wildman–Crippen LogP) is 0.325. The largest absolute Gasteiger partial charge is 0.326 e. The van der Waals surface area contributed by atoms with Gasteiger partial charge in [0.15, 0.2) is 5.03 Å². The molecule has 1 fully saturated rings. The van der Waals surface area contributed by atoms with E-state index in [9.17, 15) is 8.42 Å². The fourth-order valence-electron chi connectivity index (χ4n) is 2.46. The van der Waals surface area contributed by atoms with Crippen molar-refractivity contribution in [1.29, 1.82) is 0 Å². The van der Waals surface area contributed by atoms with E-state index in [0.717, 1.165) is 19.3 Å². The van der Waals surface area contributed by atoms with Crippen molar-refractivity contribution in [2.45, 2.75) is 56.8 Å². The third-order valence-electron chi connectivity index (χ3n) is 3.59. The zero-order chi connectivity index (χ0) is 14.0. The minimum Gasteiger partial charge on any atom is -0.326 e. The van der Waals surface area contributed by atoms with E-state index >= 15 is 0 Å². The minimum atomic E-state index is -3.65. The summed E-state index contributed by atoms with van der Waals surface area (Å²) >= 11 is 0. The zero-order valence-electron chi connectivity index (χ0n) is 11.3. The standard InChI is InChI=1S/C11H21N5O2S/c1-8-4-3-5-9(2)16(8)15-19(17,18)11-10(6-12)7-13-14-11/h7-9,15H,3-6,12H2,1-2H3,(H,13,14). The number of hydrogen-bond donors (Lipinski definition) is 3. The molecule has 0 bridgehead atoms. The number of aromatic amines is 1. The minimum absolute atomic E-state index is 0.0555. The van der Waals surface area contributed by atoms with E-state index in [0.29, 0.717) is 5.56 Å². The molecular formula is C11H21N5O2S. The van der Waals surface area contributed by atoms with E-state index in [2.05, 4.69) is 15.0 Å². The number of hydrogen-bond acceptors (Lipinski definition) is 5. The van der Waals surface area contributed by atoms with Gasteiger partial charge in [0.2, 0.25) is 0 Å². The lowest BCUT2D eigenvalue weighted by atomic mass is 10.0. The molecule has 19 heavy (non-hydrogen) atoms. The second-order valence-electron chi connectivity index (χ2n) is 5.06. The molecule has 1 aliphatic rings. The molecule has 0 saturated carbocycles. The van der Waals surface area contributed by atoms with Gasteiger partial charge in [-0.25, -0.2) is 13.4 Å². The summed E-state index contributed by atoms with van der Waals surface area (Å²) in [6.45, 7) is 4.18. The van der Waals surface area contributed by atoms with Crippen LogP contribution < -0.4 is 10.6 Å². The maximum atomic E-state index is 12.4. The summed E-state index contributed by atoms with van der Waals surface area (Å²) in [6.07, 6.45) is 4.54. The van der Waals surface area contributed by atoms with Gasteiger partial charge in [0.05, 0.1) is 6.20 Å². The number of rotatable bonds is 4. The zero-order valence-corrected chi connectivity index (χ0v) is 12.1. The normalized spacial score (nSPS) is 25.6. The molecule has 1 aromatic heterocycles. The van der Waals surface area contributed by atoms with Gasteiger partial charge >= 0.3 is 0 Å². The Morgan fingerprint density at radius 2 is 2.11 bits per heavy atom. The summed E-state index contributed by atoms with van der Waals surface area (Å²) in [5.41, 5.74) is 6.00. The molecule has 2 unspecified atom stereocenters. The molecule has 2 rings (SSSR count). The SMILES string of the molecule is CC1CCCC(C)N1NS(=O)(=O)c1[nH]ncc1CN. The fraction of sp³-hybridized carbons (Fsp3) is 0.727.